The lowest BCUT2D eigenvalue weighted by Gasteiger charge is -2.42. The molecule has 2 aromatic rings. The Morgan fingerprint density at radius 3 is 2.91 bits per heavy atom. The van der Waals surface area contributed by atoms with Gasteiger partial charge in [0, 0.05) is 50.8 Å². The van der Waals surface area contributed by atoms with Gasteiger partial charge in [0.15, 0.2) is 0 Å². The number of hydrogen-bond acceptors (Lipinski definition) is 4. The van der Waals surface area contributed by atoms with Gasteiger partial charge < -0.3 is 5.32 Å². The van der Waals surface area contributed by atoms with Gasteiger partial charge in [0.25, 0.3) is 0 Å². The molecule has 2 fully saturated rings. The van der Waals surface area contributed by atoms with Crippen molar-refractivity contribution in [3.8, 4) is 0 Å². The molecule has 1 unspecified atom stereocenters. The number of amides is 1. The van der Waals surface area contributed by atoms with E-state index in [1.807, 2.05) is 17.9 Å². The molecule has 2 saturated heterocycles. The van der Waals surface area contributed by atoms with Gasteiger partial charge in [-0.05, 0) is 40.8 Å². The third-order valence-corrected chi connectivity index (χ3v) is 6.04. The van der Waals surface area contributed by atoms with Crippen LogP contribution < -0.4 is 5.32 Å². The van der Waals surface area contributed by atoms with E-state index in [0.717, 1.165) is 32.5 Å². The molecule has 0 aromatic carbocycles. The number of aromatic nitrogens is 2. The molecule has 0 bridgehead atoms. The van der Waals surface area contributed by atoms with Crippen molar-refractivity contribution < 1.29 is 4.79 Å². The largest absolute Gasteiger partial charge is 0.350 e. The number of piperidine rings is 1. The third kappa shape index (κ3) is 2.81. The fourth-order valence-corrected chi connectivity index (χ4v) is 4.74. The number of nitrogens with one attached hydrogen (secondary N) is 1. The molecule has 2 aliphatic rings. The minimum absolute atomic E-state index is 0.0781. The summed E-state index contributed by atoms with van der Waals surface area (Å²) in [6, 6.07) is 2.20. The maximum Gasteiger partial charge on any atom is 0.221 e. The van der Waals surface area contributed by atoms with E-state index in [2.05, 4.69) is 38.3 Å². The van der Waals surface area contributed by atoms with Gasteiger partial charge >= 0.3 is 0 Å². The summed E-state index contributed by atoms with van der Waals surface area (Å²) in [5, 5.41) is 12.0. The van der Waals surface area contributed by atoms with E-state index in [4.69, 9.17) is 0 Å². The molecule has 1 spiro atoms. The number of carbonyl (C=O) groups excluding carboxylic acids is 1. The van der Waals surface area contributed by atoms with Crippen LogP contribution in [0.1, 0.15) is 36.3 Å². The zero-order chi connectivity index (χ0) is 15.9. The van der Waals surface area contributed by atoms with Crippen LogP contribution in [0.15, 0.2) is 29.2 Å². The maximum atomic E-state index is 12.1. The molecule has 2 aromatic heterocycles. The van der Waals surface area contributed by atoms with Crippen molar-refractivity contribution in [2.75, 3.05) is 13.1 Å². The highest BCUT2D eigenvalue weighted by molar-refractivity contribution is 7.07. The second-order valence-electron chi connectivity index (χ2n) is 6.82. The number of thiophene rings is 1. The number of hydrogen-bond donors (Lipinski definition) is 1. The fraction of sp³-hybridized carbons (Fsp3) is 0.529. The lowest BCUT2D eigenvalue weighted by Crippen LogP contribution is -2.53. The monoisotopic (exact) mass is 330 g/mol. The summed E-state index contributed by atoms with van der Waals surface area (Å²) in [5.41, 5.74) is 2.51. The molecule has 5 nitrogen and oxygen atoms in total. The molecular weight excluding hydrogens is 308 g/mol. The summed E-state index contributed by atoms with van der Waals surface area (Å²) in [5.74, 6) is 0.442. The first-order valence-corrected chi connectivity index (χ1v) is 9.12. The van der Waals surface area contributed by atoms with Gasteiger partial charge in [-0.3, -0.25) is 14.4 Å². The molecule has 0 saturated carbocycles. The van der Waals surface area contributed by atoms with Crippen molar-refractivity contribution in [1.29, 1.82) is 0 Å². The van der Waals surface area contributed by atoms with E-state index in [9.17, 15) is 4.79 Å². The quantitative estimate of drug-likeness (QED) is 0.938. The summed E-state index contributed by atoms with van der Waals surface area (Å²) in [7, 11) is 1.93. The highest BCUT2D eigenvalue weighted by Crippen LogP contribution is 2.43. The molecule has 1 amide bonds. The average Bonchev–Trinajstić information content (AvgIpc) is 3.24. The van der Waals surface area contributed by atoms with E-state index in [1.165, 1.54) is 11.1 Å². The Bertz CT molecular complexity index is 685. The number of likely N-dealkylation sites (tertiary alicyclic amines) is 1. The molecule has 122 valence electrons. The molecular formula is C17H22N4OS. The van der Waals surface area contributed by atoms with Gasteiger partial charge in [-0.25, -0.2) is 0 Å². The van der Waals surface area contributed by atoms with E-state index in [1.54, 1.807) is 11.3 Å². The number of carbonyl (C=O) groups is 1. The highest BCUT2D eigenvalue weighted by Gasteiger charge is 2.48. The summed E-state index contributed by atoms with van der Waals surface area (Å²) in [6.45, 7) is 3.09. The van der Waals surface area contributed by atoms with Gasteiger partial charge in [0.1, 0.15) is 0 Å². The van der Waals surface area contributed by atoms with Crippen LogP contribution in [-0.2, 0) is 18.4 Å². The minimum Gasteiger partial charge on any atom is -0.350 e. The van der Waals surface area contributed by atoms with E-state index in [-0.39, 0.29) is 17.4 Å². The molecule has 23 heavy (non-hydrogen) atoms. The molecule has 6 heteroatoms. The second kappa shape index (κ2) is 5.76. The molecule has 2 aliphatic heterocycles. The number of rotatable bonds is 3. The lowest BCUT2D eigenvalue weighted by atomic mass is 9.75. The first kappa shape index (κ1) is 14.9. The van der Waals surface area contributed by atoms with Gasteiger partial charge in [-0.15, -0.1) is 0 Å². The standard InChI is InChI=1S/C17H22N4OS/c1-20-11-14(9-18-20)15-8-16(22)19-17(15)3-5-21(6-4-17)10-13-2-7-23-12-13/h2,7,9,11-12,15H,3-6,8,10H2,1H3,(H,19,22). The van der Waals surface area contributed by atoms with Crippen LogP contribution in [0.25, 0.3) is 0 Å². The Morgan fingerprint density at radius 1 is 1.43 bits per heavy atom. The van der Waals surface area contributed by atoms with Crippen LogP contribution in [0.2, 0.25) is 0 Å². The van der Waals surface area contributed by atoms with Crippen LogP contribution in [0, 0.1) is 0 Å². The zero-order valence-electron chi connectivity index (χ0n) is 13.4. The Labute approximate surface area is 140 Å². The van der Waals surface area contributed by atoms with Crippen LogP contribution in [-0.4, -0.2) is 39.2 Å². The smallest absolute Gasteiger partial charge is 0.221 e. The SMILES string of the molecule is Cn1cc(C2CC(=O)NC23CCN(Cc2ccsc2)CC3)cn1. The fourth-order valence-electron chi connectivity index (χ4n) is 4.08. The maximum absolute atomic E-state index is 12.1. The van der Waals surface area contributed by atoms with Crippen molar-refractivity contribution in [3.05, 3.63) is 40.3 Å². The number of aryl methyl sites for hydroxylation is 1. The van der Waals surface area contributed by atoms with Gasteiger partial charge in [-0.1, -0.05) is 0 Å². The Hall–Kier alpha value is -1.66. The van der Waals surface area contributed by atoms with Gasteiger partial charge in [0.2, 0.25) is 5.91 Å². The predicted molar refractivity (Wildman–Crippen MR) is 90.3 cm³/mol. The van der Waals surface area contributed by atoms with Crippen molar-refractivity contribution in [1.82, 2.24) is 20.0 Å². The summed E-state index contributed by atoms with van der Waals surface area (Å²) >= 11 is 1.75. The van der Waals surface area contributed by atoms with E-state index >= 15 is 0 Å². The summed E-state index contributed by atoms with van der Waals surface area (Å²) < 4.78 is 1.83. The molecule has 0 radical (unpaired) electrons. The van der Waals surface area contributed by atoms with Crippen LogP contribution >= 0.6 is 11.3 Å². The van der Waals surface area contributed by atoms with Crippen LogP contribution in [0.3, 0.4) is 0 Å². The molecule has 4 heterocycles. The first-order chi connectivity index (χ1) is 11.1. The Morgan fingerprint density at radius 2 is 2.26 bits per heavy atom. The third-order valence-electron chi connectivity index (χ3n) is 5.31. The molecule has 1 atom stereocenters. The van der Waals surface area contributed by atoms with Crippen molar-refractivity contribution in [2.24, 2.45) is 7.05 Å². The summed E-state index contributed by atoms with van der Waals surface area (Å²) in [6.07, 6.45) is 6.61. The van der Waals surface area contributed by atoms with Crippen molar-refractivity contribution in [3.63, 3.8) is 0 Å². The predicted octanol–water partition coefficient (Wildman–Crippen LogP) is 2.12. The zero-order valence-corrected chi connectivity index (χ0v) is 14.2. The van der Waals surface area contributed by atoms with Crippen molar-refractivity contribution in [2.45, 2.75) is 37.3 Å². The van der Waals surface area contributed by atoms with Gasteiger partial charge in [0.05, 0.1) is 6.20 Å². The Kier molecular flexibility index (Phi) is 3.73. The number of nitrogens with zero attached hydrogens (tertiary/aromatic N) is 3. The lowest BCUT2D eigenvalue weighted by molar-refractivity contribution is -0.120. The molecule has 1 N–H and O–H groups in total. The van der Waals surface area contributed by atoms with Gasteiger partial charge in [-0.2, -0.15) is 16.4 Å². The van der Waals surface area contributed by atoms with Crippen LogP contribution in [0.4, 0.5) is 0 Å². The normalized spacial score (nSPS) is 24.2. The van der Waals surface area contributed by atoms with E-state index < -0.39 is 0 Å². The topological polar surface area (TPSA) is 50.2 Å². The first-order valence-electron chi connectivity index (χ1n) is 8.18. The second-order valence-corrected chi connectivity index (χ2v) is 7.60. The molecule has 0 aliphatic carbocycles. The van der Waals surface area contributed by atoms with Crippen molar-refractivity contribution >= 4 is 17.2 Å². The van der Waals surface area contributed by atoms with Crippen LogP contribution in [0.5, 0.6) is 0 Å². The van der Waals surface area contributed by atoms with E-state index in [0.29, 0.717) is 6.42 Å². The molecule has 4 rings (SSSR count). The minimum atomic E-state index is -0.0781. The Balaban J connectivity index is 1.48. The average molecular weight is 330 g/mol. The summed E-state index contributed by atoms with van der Waals surface area (Å²) in [4.78, 5) is 14.6. The highest BCUT2D eigenvalue weighted by atomic mass is 32.1.